The Hall–Kier alpha value is -2.54. The lowest BCUT2D eigenvalue weighted by molar-refractivity contribution is -0.141. The first kappa shape index (κ1) is 19.8. The first-order valence-electron chi connectivity index (χ1n) is 8.10. The Balaban J connectivity index is 2.36. The number of amides is 1. The van der Waals surface area contributed by atoms with Gasteiger partial charge in [-0.2, -0.15) is 0 Å². The SMILES string of the molecule is CCCC(NC(=O)Cc1c(C)c2cc(Cl)c(OC)cc2oc1=O)C(=O)O. The number of carbonyl (C=O) groups is 2. The van der Waals surface area contributed by atoms with Gasteiger partial charge < -0.3 is 19.6 Å². The Morgan fingerprint density at radius 2 is 2.08 bits per heavy atom. The average molecular weight is 382 g/mol. The summed E-state index contributed by atoms with van der Waals surface area (Å²) in [5.74, 6) is -1.29. The minimum Gasteiger partial charge on any atom is -0.495 e. The Morgan fingerprint density at radius 3 is 2.65 bits per heavy atom. The molecule has 0 aliphatic heterocycles. The molecule has 1 amide bonds. The van der Waals surface area contributed by atoms with Crippen molar-refractivity contribution < 1.29 is 23.8 Å². The number of fused-ring (bicyclic) bond motifs is 1. The van der Waals surface area contributed by atoms with Crippen molar-refractivity contribution in [2.75, 3.05) is 7.11 Å². The number of aryl methyl sites for hydroxylation is 1. The first-order valence-corrected chi connectivity index (χ1v) is 8.48. The summed E-state index contributed by atoms with van der Waals surface area (Å²) in [6.07, 6.45) is 0.637. The predicted molar refractivity (Wildman–Crippen MR) is 97.0 cm³/mol. The quantitative estimate of drug-likeness (QED) is 0.714. The van der Waals surface area contributed by atoms with Crippen molar-refractivity contribution in [2.45, 2.75) is 39.2 Å². The minimum absolute atomic E-state index is 0.164. The van der Waals surface area contributed by atoms with Crippen molar-refractivity contribution >= 4 is 34.4 Å². The van der Waals surface area contributed by atoms with Crippen LogP contribution in [0.3, 0.4) is 0 Å². The van der Waals surface area contributed by atoms with Crippen molar-refractivity contribution in [3.63, 3.8) is 0 Å². The molecule has 0 spiro atoms. The van der Waals surface area contributed by atoms with Crippen molar-refractivity contribution in [3.05, 3.63) is 38.7 Å². The van der Waals surface area contributed by atoms with Gasteiger partial charge in [0.2, 0.25) is 5.91 Å². The van der Waals surface area contributed by atoms with Crippen molar-refractivity contribution in [1.29, 1.82) is 0 Å². The summed E-state index contributed by atoms with van der Waals surface area (Å²) in [6, 6.07) is 2.13. The van der Waals surface area contributed by atoms with E-state index in [-0.39, 0.29) is 12.0 Å². The second kappa shape index (κ2) is 8.23. The summed E-state index contributed by atoms with van der Waals surface area (Å²) < 4.78 is 10.4. The molecule has 0 bridgehead atoms. The van der Waals surface area contributed by atoms with E-state index >= 15 is 0 Å². The fourth-order valence-electron chi connectivity index (χ4n) is 2.70. The molecule has 0 fully saturated rings. The lowest BCUT2D eigenvalue weighted by Gasteiger charge is -2.14. The molecule has 2 aromatic rings. The van der Waals surface area contributed by atoms with E-state index in [0.29, 0.717) is 40.1 Å². The van der Waals surface area contributed by atoms with Gasteiger partial charge in [-0.15, -0.1) is 0 Å². The van der Waals surface area contributed by atoms with E-state index in [0.717, 1.165) is 0 Å². The Labute approximate surface area is 154 Å². The van der Waals surface area contributed by atoms with Gasteiger partial charge in [0.15, 0.2) is 0 Å². The fourth-order valence-corrected chi connectivity index (χ4v) is 2.94. The second-order valence-corrected chi connectivity index (χ2v) is 6.31. The maximum Gasteiger partial charge on any atom is 0.340 e. The van der Waals surface area contributed by atoms with Crippen molar-refractivity contribution in [3.8, 4) is 5.75 Å². The molecule has 0 radical (unpaired) electrons. The van der Waals surface area contributed by atoms with E-state index in [2.05, 4.69) is 5.32 Å². The molecule has 0 saturated heterocycles. The number of nitrogens with one attached hydrogen (secondary N) is 1. The molecular weight excluding hydrogens is 362 g/mol. The summed E-state index contributed by atoms with van der Waals surface area (Å²) in [4.78, 5) is 35.7. The van der Waals surface area contributed by atoms with Crippen LogP contribution in [0.1, 0.15) is 30.9 Å². The zero-order chi connectivity index (χ0) is 19.4. The molecule has 1 heterocycles. The number of carboxylic acid groups (broad SMARTS) is 1. The average Bonchev–Trinajstić information content (AvgIpc) is 2.58. The van der Waals surface area contributed by atoms with Gasteiger partial charge in [0.1, 0.15) is 17.4 Å². The number of aliphatic carboxylic acids is 1. The molecule has 1 aromatic heterocycles. The molecule has 1 atom stereocenters. The van der Waals surface area contributed by atoms with Crippen molar-refractivity contribution in [2.24, 2.45) is 0 Å². The number of ether oxygens (including phenoxy) is 1. The van der Waals surface area contributed by atoms with Gasteiger partial charge in [0.05, 0.1) is 24.1 Å². The highest BCUT2D eigenvalue weighted by atomic mass is 35.5. The number of rotatable bonds is 7. The molecule has 1 unspecified atom stereocenters. The Morgan fingerprint density at radius 1 is 1.38 bits per heavy atom. The number of hydrogen-bond donors (Lipinski definition) is 2. The van der Waals surface area contributed by atoms with Crippen LogP contribution in [-0.2, 0) is 16.0 Å². The lowest BCUT2D eigenvalue weighted by atomic mass is 10.0. The summed E-state index contributed by atoms with van der Waals surface area (Å²) >= 11 is 6.12. The Bertz CT molecular complexity index is 905. The second-order valence-electron chi connectivity index (χ2n) is 5.90. The minimum atomic E-state index is -1.11. The third-order valence-electron chi connectivity index (χ3n) is 4.11. The van der Waals surface area contributed by atoms with Crippen LogP contribution in [-0.4, -0.2) is 30.1 Å². The summed E-state index contributed by atoms with van der Waals surface area (Å²) in [5.41, 5.74) is 0.361. The number of methoxy groups -OCH3 is 1. The molecular formula is C18H20ClNO6. The van der Waals surface area contributed by atoms with Gasteiger partial charge >= 0.3 is 11.6 Å². The van der Waals surface area contributed by atoms with Gasteiger partial charge in [-0.05, 0) is 25.0 Å². The molecule has 7 nitrogen and oxygen atoms in total. The van der Waals surface area contributed by atoms with Crippen LogP contribution in [0.2, 0.25) is 5.02 Å². The highest BCUT2D eigenvalue weighted by Gasteiger charge is 2.21. The summed E-state index contributed by atoms with van der Waals surface area (Å²) in [6.45, 7) is 3.51. The maximum absolute atomic E-state index is 12.3. The third-order valence-corrected chi connectivity index (χ3v) is 4.40. The molecule has 2 rings (SSSR count). The van der Waals surface area contributed by atoms with Gasteiger partial charge in [-0.3, -0.25) is 4.79 Å². The van der Waals surface area contributed by atoms with Gasteiger partial charge in [-0.1, -0.05) is 24.9 Å². The standard InChI is InChI=1S/C18H20ClNO6/c1-4-5-13(17(22)23)20-16(21)7-11-9(2)10-6-12(19)15(25-3)8-14(10)26-18(11)24/h6,8,13H,4-5,7H2,1-3H3,(H,20,21)(H,22,23). The van der Waals surface area contributed by atoms with Crippen LogP contribution < -0.4 is 15.7 Å². The van der Waals surface area contributed by atoms with Crippen molar-refractivity contribution in [1.82, 2.24) is 5.32 Å². The van der Waals surface area contributed by atoms with E-state index in [1.165, 1.54) is 13.2 Å². The van der Waals surface area contributed by atoms with Crippen LogP contribution in [0.25, 0.3) is 11.0 Å². The Kier molecular flexibility index (Phi) is 6.26. The van der Waals surface area contributed by atoms with Crippen LogP contribution in [0.5, 0.6) is 5.75 Å². The molecule has 26 heavy (non-hydrogen) atoms. The molecule has 0 saturated carbocycles. The zero-order valence-electron chi connectivity index (χ0n) is 14.7. The number of carboxylic acids is 1. The van der Waals surface area contributed by atoms with Gasteiger partial charge in [-0.25, -0.2) is 9.59 Å². The topological polar surface area (TPSA) is 106 Å². The van der Waals surface area contributed by atoms with Gasteiger partial charge in [0.25, 0.3) is 0 Å². The highest BCUT2D eigenvalue weighted by Crippen LogP contribution is 2.31. The van der Waals surface area contributed by atoms with Crippen LogP contribution in [0.4, 0.5) is 0 Å². The van der Waals surface area contributed by atoms with Crippen LogP contribution in [0, 0.1) is 6.92 Å². The maximum atomic E-state index is 12.3. The van der Waals surface area contributed by atoms with Gasteiger partial charge in [0, 0.05) is 11.5 Å². The van der Waals surface area contributed by atoms with E-state index in [9.17, 15) is 14.4 Å². The number of benzene rings is 1. The third kappa shape index (κ3) is 4.16. The van der Waals surface area contributed by atoms with E-state index in [4.69, 9.17) is 25.9 Å². The predicted octanol–water partition coefficient (Wildman–Crippen LogP) is 2.68. The molecule has 0 aliphatic carbocycles. The monoisotopic (exact) mass is 381 g/mol. The molecule has 2 N–H and O–H groups in total. The number of hydrogen-bond acceptors (Lipinski definition) is 5. The molecule has 140 valence electrons. The summed E-state index contributed by atoms with van der Waals surface area (Å²) in [7, 11) is 1.45. The van der Waals surface area contributed by atoms with E-state index < -0.39 is 23.5 Å². The first-order chi connectivity index (χ1) is 12.3. The number of halogens is 1. The number of carbonyl (C=O) groups excluding carboxylic acids is 1. The largest absolute Gasteiger partial charge is 0.495 e. The molecule has 0 aliphatic rings. The van der Waals surface area contributed by atoms with E-state index in [1.807, 2.05) is 6.92 Å². The lowest BCUT2D eigenvalue weighted by Crippen LogP contribution is -2.41. The zero-order valence-corrected chi connectivity index (χ0v) is 15.5. The summed E-state index contributed by atoms with van der Waals surface area (Å²) in [5, 5.41) is 12.5. The van der Waals surface area contributed by atoms with Crippen LogP contribution in [0.15, 0.2) is 21.3 Å². The smallest absolute Gasteiger partial charge is 0.340 e. The normalized spacial score (nSPS) is 12.0. The van der Waals surface area contributed by atoms with E-state index in [1.54, 1.807) is 13.0 Å². The fraction of sp³-hybridized carbons (Fsp3) is 0.389. The molecule has 1 aromatic carbocycles. The highest BCUT2D eigenvalue weighted by molar-refractivity contribution is 6.32. The molecule has 8 heteroatoms. The van der Waals surface area contributed by atoms with Crippen LogP contribution >= 0.6 is 11.6 Å².